The average Bonchev–Trinajstić information content (AvgIpc) is 2.29. The average molecular weight is 274 g/mol. The Morgan fingerprint density at radius 3 is 2.37 bits per heavy atom. The molecular formula is C14H30N2O3. The number of hydrogen-bond donors (Lipinski definition) is 2. The second kappa shape index (κ2) is 10.0. The van der Waals surface area contributed by atoms with Crippen molar-refractivity contribution in [2.24, 2.45) is 0 Å². The fraction of sp³-hybridized carbons (Fsp3) is 0.929. The van der Waals surface area contributed by atoms with Crippen LogP contribution in [0.15, 0.2) is 0 Å². The van der Waals surface area contributed by atoms with E-state index in [2.05, 4.69) is 12.2 Å². The number of ether oxygens (including phenoxy) is 1. The largest absolute Gasteiger partial charge is 0.465 e. The molecular weight excluding hydrogens is 244 g/mol. The highest BCUT2D eigenvalue weighted by atomic mass is 16.5. The lowest BCUT2D eigenvalue weighted by atomic mass is 10.1. The second-order valence-corrected chi connectivity index (χ2v) is 5.67. The van der Waals surface area contributed by atoms with E-state index >= 15 is 0 Å². The third-order valence-corrected chi connectivity index (χ3v) is 2.78. The van der Waals surface area contributed by atoms with E-state index in [1.807, 2.05) is 20.8 Å². The van der Waals surface area contributed by atoms with Crippen LogP contribution in [0.25, 0.3) is 0 Å². The molecule has 1 amide bonds. The van der Waals surface area contributed by atoms with Crippen LogP contribution in [0.5, 0.6) is 0 Å². The molecule has 0 atom stereocenters. The lowest BCUT2D eigenvalue weighted by Gasteiger charge is -2.33. The van der Waals surface area contributed by atoms with Crippen molar-refractivity contribution in [2.45, 2.75) is 52.5 Å². The van der Waals surface area contributed by atoms with Gasteiger partial charge in [0.15, 0.2) is 0 Å². The van der Waals surface area contributed by atoms with Crippen LogP contribution in [0.3, 0.4) is 0 Å². The number of carbonyl (C=O) groups is 1. The molecule has 5 nitrogen and oxygen atoms in total. The van der Waals surface area contributed by atoms with Crippen LogP contribution >= 0.6 is 0 Å². The molecule has 114 valence electrons. The minimum atomic E-state index is -0.865. The predicted octanol–water partition coefficient (Wildman–Crippen LogP) is 2.56. The van der Waals surface area contributed by atoms with E-state index in [0.29, 0.717) is 13.2 Å². The number of nitrogens with one attached hydrogen (secondary N) is 1. The molecule has 0 rings (SSSR count). The molecule has 0 fully saturated rings. The molecule has 0 unspecified atom stereocenters. The molecule has 0 aliphatic heterocycles. The smallest absolute Gasteiger partial charge is 0.407 e. The van der Waals surface area contributed by atoms with Gasteiger partial charge in [-0.25, -0.2) is 4.79 Å². The second-order valence-electron chi connectivity index (χ2n) is 5.67. The van der Waals surface area contributed by atoms with Crippen molar-refractivity contribution in [3.05, 3.63) is 0 Å². The Kier molecular flexibility index (Phi) is 9.61. The van der Waals surface area contributed by atoms with Crippen LogP contribution < -0.4 is 5.32 Å². The van der Waals surface area contributed by atoms with Crippen molar-refractivity contribution in [3.63, 3.8) is 0 Å². The van der Waals surface area contributed by atoms with Crippen LogP contribution in [0.1, 0.15) is 47.0 Å². The Morgan fingerprint density at radius 2 is 1.84 bits per heavy atom. The Labute approximate surface area is 117 Å². The first-order valence-electron chi connectivity index (χ1n) is 7.18. The fourth-order valence-electron chi connectivity index (χ4n) is 1.75. The first-order chi connectivity index (χ1) is 8.89. The van der Waals surface area contributed by atoms with Crippen molar-refractivity contribution in [2.75, 3.05) is 32.8 Å². The Balaban J connectivity index is 3.54. The summed E-state index contributed by atoms with van der Waals surface area (Å²) in [6.07, 6.45) is 2.03. The molecule has 0 heterocycles. The summed E-state index contributed by atoms with van der Waals surface area (Å²) in [5.41, 5.74) is -0.351. The molecule has 0 aromatic heterocycles. The van der Waals surface area contributed by atoms with Gasteiger partial charge in [0.25, 0.3) is 0 Å². The van der Waals surface area contributed by atoms with Gasteiger partial charge in [-0.1, -0.05) is 6.92 Å². The van der Waals surface area contributed by atoms with Crippen molar-refractivity contribution in [3.8, 4) is 0 Å². The van der Waals surface area contributed by atoms with E-state index in [1.165, 1.54) is 4.90 Å². The zero-order valence-corrected chi connectivity index (χ0v) is 12.9. The maximum absolute atomic E-state index is 11.1. The van der Waals surface area contributed by atoms with Gasteiger partial charge in [-0.15, -0.1) is 0 Å². The summed E-state index contributed by atoms with van der Waals surface area (Å²) in [7, 11) is 0. The maximum Gasteiger partial charge on any atom is 0.407 e. The molecule has 0 radical (unpaired) electrons. The standard InChI is InChI=1S/C14H30N2O3/c1-5-8-15-9-6-11-19-12-7-10-16(13(17)18)14(2,3)4/h15H,5-12H2,1-4H3,(H,17,18). The molecule has 19 heavy (non-hydrogen) atoms. The van der Waals surface area contributed by atoms with E-state index in [4.69, 9.17) is 9.84 Å². The Hall–Kier alpha value is -0.810. The summed E-state index contributed by atoms with van der Waals surface area (Å²) in [5.74, 6) is 0. The topological polar surface area (TPSA) is 61.8 Å². The molecule has 2 N–H and O–H groups in total. The highest BCUT2D eigenvalue weighted by Crippen LogP contribution is 2.13. The predicted molar refractivity (Wildman–Crippen MR) is 77.7 cm³/mol. The monoisotopic (exact) mass is 274 g/mol. The van der Waals surface area contributed by atoms with Crippen LogP contribution in [0.4, 0.5) is 4.79 Å². The van der Waals surface area contributed by atoms with Crippen LogP contribution in [-0.4, -0.2) is 54.5 Å². The van der Waals surface area contributed by atoms with Crippen LogP contribution in [0.2, 0.25) is 0 Å². The van der Waals surface area contributed by atoms with Gasteiger partial charge in [-0.2, -0.15) is 0 Å². The van der Waals surface area contributed by atoms with Gasteiger partial charge in [0, 0.05) is 25.3 Å². The molecule has 0 saturated carbocycles. The summed E-state index contributed by atoms with van der Waals surface area (Å²) in [4.78, 5) is 12.5. The Bertz CT molecular complexity index is 239. The van der Waals surface area contributed by atoms with Gasteiger partial charge < -0.3 is 20.1 Å². The van der Waals surface area contributed by atoms with Crippen molar-refractivity contribution in [1.29, 1.82) is 0 Å². The molecule has 0 spiro atoms. The van der Waals surface area contributed by atoms with Gasteiger partial charge in [0.1, 0.15) is 0 Å². The molecule has 0 saturated heterocycles. The highest BCUT2D eigenvalue weighted by molar-refractivity contribution is 5.65. The third kappa shape index (κ3) is 9.73. The summed E-state index contributed by atoms with van der Waals surface area (Å²) >= 11 is 0. The fourth-order valence-corrected chi connectivity index (χ4v) is 1.75. The molecule has 0 aromatic rings. The van der Waals surface area contributed by atoms with Gasteiger partial charge >= 0.3 is 6.09 Å². The molecule has 0 bridgehead atoms. The first kappa shape index (κ1) is 18.2. The number of amides is 1. The van der Waals surface area contributed by atoms with Crippen molar-refractivity contribution < 1.29 is 14.6 Å². The van der Waals surface area contributed by atoms with E-state index in [0.717, 1.165) is 39.0 Å². The summed E-state index contributed by atoms with van der Waals surface area (Å²) in [6.45, 7) is 11.8. The summed E-state index contributed by atoms with van der Waals surface area (Å²) in [5, 5.41) is 12.4. The number of hydrogen-bond acceptors (Lipinski definition) is 3. The minimum Gasteiger partial charge on any atom is -0.465 e. The third-order valence-electron chi connectivity index (χ3n) is 2.78. The van der Waals surface area contributed by atoms with Crippen LogP contribution in [-0.2, 0) is 4.74 Å². The SMILES string of the molecule is CCCNCCCOCCCN(C(=O)O)C(C)(C)C. The lowest BCUT2D eigenvalue weighted by Crippen LogP contribution is -2.45. The Morgan fingerprint density at radius 1 is 1.21 bits per heavy atom. The number of rotatable bonds is 10. The molecule has 5 heteroatoms. The van der Waals surface area contributed by atoms with Crippen molar-refractivity contribution in [1.82, 2.24) is 10.2 Å². The highest BCUT2D eigenvalue weighted by Gasteiger charge is 2.25. The molecule has 0 aliphatic carbocycles. The molecule has 0 aromatic carbocycles. The number of carboxylic acid groups (broad SMARTS) is 1. The maximum atomic E-state index is 11.1. The van der Waals surface area contributed by atoms with E-state index in [-0.39, 0.29) is 5.54 Å². The minimum absolute atomic E-state index is 0.351. The zero-order chi connectivity index (χ0) is 14.7. The van der Waals surface area contributed by atoms with Crippen molar-refractivity contribution >= 4 is 6.09 Å². The lowest BCUT2D eigenvalue weighted by molar-refractivity contribution is 0.0820. The first-order valence-corrected chi connectivity index (χ1v) is 7.18. The number of nitrogens with zero attached hydrogens (tertiary/aromatic N) is 1. The summed E-state index contributed by atoms with van der Waals surface area (Å²) < 4.78 is 5.50. The van der Waals surface area contributed by atoms with Gasteiger partial charge in [-0.3, -0.25) is 0 Å². The molecule has 0 aliphatic rings. The quantitative estimate of drug-likeness (QED) is 0.601. The van der Waals surface area contributed by atoms with E-state index in [9.17, 15) is 4.79 Å². The summed E-state index contributed by atoms with van der Waals surface area (Å²) in [6, 6.07) is 0. The van der Waals surface area contributed by atoms with Gasteiger partial charge in [-0.05, 0) is 53.1 Å². The van der Waals surface area contributed by atoms with E-state index in [1.54, 1.807) is 0 Å². The zero-order valence-electron chi connectivity index (χ0n) is 12.9. The van der Waals surface area contributed by atoms with Gasteiger partial charge in [0.05, 0.1) is 0 Å². The van der Waals surface area contributed by atoms with E-state index < -0.39 is 6.09 Å². The van der Waals surface area contributed by atoms with Gasteiger partial charge in [0.2, 0.25) is 0 Å². The van der Waals surface area contributed by atoms with Crippen LogP contribution in [0, 0.1) is 0 Å². The normalized spacial score (nSPS) is 11.6.